The summed E-state index contributed by atoms with van der Waals surface area (Å²) in [4.78, 5) is 0. The van der Waals surface area contributed by atoms with Gasteiger partial charge < -0.3 is 10.2 Å². The molecule has 0 saturated heterocycles. The summed E-state index contributed by atoms with van der Waals surface area (Å²) in [5, 5.41) is 30.2. The van der Waals surface area contributed by atoms with Crippen molar-refractivity contribution in [2.24, 2.45) is 16.3 Å². The molecule has 3 rings (SSSR count). The van der Waals surface area contributed by atoms with Crippen molar-refractivity contribution in [2.45, 2.75) is 69.5 Å². The van der Waals surface area contributed by atoms with Gasteiger partial charge in [-0.25, -0.2) is 0 Å². The first-order valence-corrected chi connectivity index (χ1v) is 13.2. The molecule has 2 atom stereocenters. The second-order valence-electron chi connectivity index (χ2n) is 8.48. The van der Waals surface area contributed by atoms with E-state index in [1.165, 1.54) is 12.8 Å². The van der Waals surface area contributed by atoms with E-state index in [2.05, 4.69) is 27.2 Å². The van der Waals surface area contributed by atoms with Gasteiger partial charge in [-0.05, 0) is 25.7 Å². The molecule has 2 saturated carbocycles. The van der Waals surface area contributed by atoms with Crippen LogP contribution in [0.2, 0.25) is 0 Å². The minimum absolute atomic E-state index is 0.138. The van der Waals surface area contributed by atoms with E-state index in [1.54, 1.807) is 14.1 Å². The topological polar surface area (TPSA) is 95.7 Å². The summed E-state index contributed by atoms with van der Waals surface area (Å²) < 4.78 is 59.2. The minimum atomic E-state index is -10.7. The summed E-state index contributed by atoms with van der Waals surface area (Å²) in [7, 11) is -3.46. The van der Waals surface area contributed by atoms with Crippen molar-refractivity contribution in [3.63, 3.8) is 0 Å². The number of halogens is 6. The molecule has 2 unspecified atom stereocenters. The fourth-order valence-corrected chi connectivity index (χ4v) is 3.82. The number of nitrogens with zero attached hydrogens (tertiary/aromatic N) is 4. The van der Waals surface area contributed by atoms with Gasteiger partial charge in [-0.15, -0.1) is 17.9 Å². The van der Waals surface area contributed by atoms with Crippen molar-refractivity contribution in [2.75, 3.05) is 28.2 Å². The number of nitrogens with one attached hydrogen (secondary N) is 2. The molecule has 15 heteroatoms. The van der Waals surface area contributed by atoms with E-state index in [0.29, 0.717) is 0 Å². The van der Waals surface area contributed by atoms with E-state index in [0.717, 1.165) is 50.6 Å². The molecule has 0 radical (unpaired) electrons. The molecule has 2 fully saturated rings. The number of aliphatic hydroxyl groups excluding tert-OH is 1. The number of hydrogen-bond donors (Lipinski definition) is 4. The van der Waals surface area contributed by atoms with Crippen LogP contribution in [0.15, 0.2) is 22.2 Å². The standard InChI is InChI=1S/C10H19N3O.C8H12O.C2H7N3.F6P/c1-12-8-9(13(2)11-12)10(14)6-4-3-5-7-10;1-2-7-5-3-4-6-8(7)9;1-3-5-4-2;1-7(2,3,4,5)6/h8,11,14H,3-7H2,1-2H3;1,7-9H,3-6H2;1-2H3,(H,3,4);/q;;;-1. The number of hydrogen-bond acceptors (Lipinski definition) is 7. The predicted molar refractivity (Wildman–Crippen MR) is 125 cm³/mol. The molecule has 35 heavy (non-hydrogen) atoms. The summed E-state index contributed by atoms with van der Waals surface area (Å²) in [6, 6.07) is 0. The van der Waals surface area contributed by atoms with Crippen LogP contribution in [-0.2, 0) is 0 Å². The molecular formula is C20H38F6N6O2P-. The Labute approximate surface area is 203 Å². The molecule has 2 aliphatic carbocycles. The monoisotopic (exact) mass is 539 g/mol. The maximum atomic E-state index is 10.5. The summed E-state index contributed by atoms with van der Waals surface area (Å²) in [6.45, 7) is 0. The predicted octanol–water partition coefficient (Wildman–Crippen LogP) is 5.58. The van der Waals surface area contributed by atoms with Crippen molar-refractivity contribution in [3.05, 3.63) is 11.9 Å². The Balaban J connectivity index is 0.000000479. The Bertz CT molecular complexity index is 727. The van der Waals surface area contributed by atoms with Crippen LogP contribution in [0.3, 0.4) is 0 Å². The second-order valence-corrected chi connectivity index (χ2v) is 10.4. The molecule has 0 aromatic heterocycles. The van der Waals surface area contributed by atoms with E-state index >= 15 is 0 Å². The van der Waals surface area contributed by atoms with Gasteiger partial charge in [-0.3, -0.25) is 15.4 Å². The van der Waals surface area contributed by atoms with E-state index in [9.17, 15) is 35.4 Å². The zero-order chi connectivity index (χ0) is 27.4. The third kappa shape index (κ3) is 17.3. The van der Waals surface area contributed by atoms with Crippen molar-refractivity contribution < 1.29 is 35.4 Å². The Morgan fingerprint density at radius 3 is 1.91 bits per heavy atom. The molecule has 1 aliphatic heterocycles. The third-order valence-electron chi connectivity index (χ3n) is 5.29. The van der Waals surface area contributed by atoms with Gasteiger partial charge in [0.1, 0.15) is 5.60 Å². The van der Waals surface area contributed by atoms with Crippen molar-refractivity contribution in [1.82, 2.24) is 21.0 Å². The number of likely N-dealkylation sites (N-methyl/N-ethyl adjacent to an activating group) is 1. The molecule has 0 bridgehead atoms. The van der Waals surface area contributed by atoms with Crippen LogP contribution in [0, 0.1) is 18.3 Å². The summed E-state index contributed by atoms with van der Waals surface area (Å²) in [6.07, 6.45) is 16.5. The number of aliphatic hydroxyl groups is 2. The van der Waals surface area contributed by atoms with Gasteiger partial charge in [0.15, 0.2) is 0 Å². The molecule has 4 N–H and O–H groups in total. The Hall–Kier alpha value is -1.81. The van der Waals surface area contributed by atoms with E-state index in [-0.39, 0.29) is 12.0 Å². The molecule has 0 spiro atoms. The molecule has 0 amide bonds. The Morgan fingerprint density at radius 1 is 1.09 bits per heavy atom. The zero-order valence-electron chi connectivity index (χ0n) is 20.6. The van der Waals surface area contributed by atoms with E-state index < -0.39 is 13.4 Å². The first-order valence-electron chi connectivity index (χ1n) is 11.2. The second kappa shape index (κ2) is 12.9. The summed E-state index contributed by atoms with van der Waals surface area (Å²) in [5.74, 6) is 2.74. The maximum absolute atomic E-state index is 10.7. The number of hydrazine groups is 2. The third-order valence-corrected chi connectivity index (χ3v) is 5.29. The number of rotatable bonds is 2. The molecule has 1 heterocycles. The molecule has 3 aliphatic rings. The average molecular weight is 540 g/mol. The van der Waals surface area contributed by atoms with Gasteiger partial charge in [0.2, 0.25) is 0 Å². The Morgan fingerprint density at radius 2 is 1.60 bits per heavy atom. The van der Waals surface area contributed by atoms with Crippen LogP contribution in [0.1, 0.15) is 57.8 Å². The van der Waals surface area contributed by atoms with Crippen molar-refractivity contribution in [1.29, 1.82) is 0 Å². The fourth-order valence-electron chi connectivity index (χ4n) is 3.82. The van der Waals surface area contributed by atoms with Gasteiger partial charge in [0, 0.05) is 33.3 Å². The van der Waals surface area contributed by atoms with Crippen LogP contribution < -0.4 is 11.0 Å². The molecule has 208 valence electrons. The van der Waals surface area contributed by atoms with Gasteiger partial charge in [-0.2, -0.15) is 5.11 Å². The Kier molecular flexibility index (Phi) is 12.3. The summed E-state index contributed by atoms with van der Waals surface area (Å²) >= 11 is 0. The van der Waals surface area contributed by atoms with Gasteiger partial charge in [0.05, 0.1) is 18.8 Å². The average Bonchev–Trinajstić information content (AvgIpc) is 3.07. The van der Waals surface area contributed by atoms with Gasteiger partial charge in [-0.1, -0.05) is 37.3 Å². The van der Waals surface area contributed by atoms with Crippen LogP contribution in [0.25, 0.3) is 0 Å². The molecule has 8 nitrogen and oxygen atoms in total. The van der Waals surface area contributed by atoms with Crippen LogP contribution in [-0.4, -0.2) is 60.1 Å². The quantitative estimate of drug-likeness (QED) is 0.120. The van der Waals surface area contributed by atoms with E-state index in [1.807, 2.05) is 30.3 Å². The molecular weight excluding hydrogens is 501 g/mol. The SMILES string of the molecule is C#CC1CCCCC1O.CN1C=C(C2(O)CCCCC2)N(C)N1.CN=NNC.F[P-](F)(F)(F)(F)F. The fraction of sp³-hybridized carbons (Fsp3) is 0.800. The van der Waals surface area contributed by atoms with Gasteiger partial charge >= 0.3 is 33.0 Å². The first kappa shape index (κ1) is 33.2. The normalized spacial score (nSPS) is 25.7. The summed E-state index contributed by atoms with van der Waals surface area (Å²) in [5.41, 5.74) is 5.97. The van der Waals surface area contributed by atoms with Crippen molar-refractivity contribution >= 4 is 7.81 Å². The first-order chi connectivity index (χ1) is 15.8. The van der Waals surface area contributed by atoms with Crippen LogP contribution in [0.5, 0.6) is 0 Å². The number of terminal acetylenes is 1. The van der Waals surface area contributed by atoms with Crippen LogP contribution in [0.4, 0.5) is 25.2 Å². The van der Waals surface area contributed by atoms with E-state index in [4.69, 9.17) is 6.42 Å². The molecule has 0 aromatic carbocycles. The van der Waals surface area contributed by atoms with Gasteiger partial charge in [0.25, 0.3) is 0 Å². The molecule has 0 aromatic rings. The van der Waals surface area contributed by atoms with Crippen LogP contribution >= 0.6 is 7.81 Å². The van der Waals surface area contributed by atoms with Crippen molar-refractivity contribution in [3.8, 4) is 12.3 Å². The zero-order valence-corrected chi connectivity index (χ0v) is 21.5.